The van der Waals surface area contributed by atoms with E-state index in [1.807, 2.05) is 4.90 Å². The molecule has 40 heavy (non-hydrogen) atoms. The normalized spacial score (nSPS) is 17.7. The van der Waals surface area contributed by atoms with E-state index in [4.69, 9.17) is 14.2 Å². The van der Waals surface area contributed by atoms with Gasteiger partial charge in [-0.05, 0) is 44.9 Å². The molecule has 2 aliphatic rings. The van der Waals surface area contributed by atoms with Crippen molar-refractivity contribution in [2.24, 2.45) is 0 Å². The Hall–Kier alpha value is -4.56. The third-order valence-electron chi connectivity index (χ3n) is 6.74. The standard InChI is InChI=1S/C25H29FN8O6/c1-3-38-23(35)20-15-32(30-28-20)13-18-14-33(25(37)40-18)17-5-6-21(19(26)11-17)31-9-7-16(8-10-31)34-22(12-27-29-34)24(36)39-4-2/h5-6,11-12,15-16,18H,3-4,7-10,13-14H2,1-2H3/t18-/m0/s1. The molecular formula is C25H29FN8O6. The molecule has 3 aromatic rings. The van der Waals surface area contributed by atoms with Gasteiger partial charge in [-0.15, -0.1) is 10.2 Å². The maximum absolute atomic E-state index is 15.3. The Labute approximate surface area is 228 Å². The largest absolute Gasteiger partial charge is 0.461 e. The zero-order valence-corrected chi connectivity index (χ0v) is 22.1. The van der Waals surface area contributed by atoms with E-state index in [-0.39, 0.29) is 38.0 Å². The summed E-state index contributed by atoms with van der Waals surface area (Å²) in [5.41, 5.74) is 1.15. The van der Waals surface area contributed by atoms with Crippen LogP contribution < -0.4 is 9.80 Å². The van der Waals surface area contributed by atoms with E-state index in [0.717, 1.165) is 0 Å². The summed E-state index contributed by atoms with van der Waals surface area (Å²) in [6.07, 6.45) is 2.92. The van der Waals surface area contributed by atoms with Crippen molar-refractivity contribution < 1.29 is 33.0 Å². The summed E-state index contributed by atoms with van der Waals surface area (Å²) in [5.74, 6) is -1.52. The Morgan fingerprint density at radius 1 is 1.10 bits per heavy atom. The Kier molecular flexibility index (Phi) is 7.89. The number of esters is 2. The van der Waals surface area contributed by atoms with Crippen molar-refractivity contribution in [3.05, 3.63) is 47.8 Å². The molecule has 2 aliphatic heterocycles. The van der Waals surface area contributed by atoms with Crippen LogP contribution in [0.25, 0.3) is 0 Å². The molecule has 0 saturated carbocycles. The second-order valence-corrected chi connectivity index (χ2v) is 9.30. The van der Waals surface area contributed by atoms with Crippen LogP contribution in [-0.4, -0.2) is 87.0 Å². The summed E-state index contributed by atoms with van der Waals surface area (Å²) in [7, 11) is 0. The van der Waals surface area contributed by atoms with Crippen LogP contribution in [-0.2, 0) is 20.8 Å². The van der Waals surface area contributed by atoms with Crippen molar-refractivity contribution in [3.63, 3.8) is 0 Å². The highest BCUT2D eigenvalue weighted by atomic mass is 19.1. The Balaban J connectivity index is 1.19. The lowest BCUT2D eigenvalue weighted by molar-refractivity contribution is 0.0502. The van der Waals surface area contributed by atoms with Crippen molar-refractivity contribution in [3.8, 4) is 0 Å². The Morgan fingerprint density at radius 3 is 2.58 bits per heavy atom. The number of carbonyl (C=O) groups is 3. The first kappa shape index (κ1) is 27.0. The molecule has 4 heterocycles. The van der Waals surface area contributed by atoms with Crippen LogP contribution in [0, 0.1) is 5.82 Å². The van der Waals surface area contributed by atoms with Crippen molar-refractivity contribution in [2.75, 3.05) is 42.6 Å². The second kappa shape index (κ2) is 11.7. The molecule has 5 rings (SSSR count). The molecule has 15 heteroatoms. The molecule has 0 aliphatic carbocycles. The molecule has 1 atom stereocenters. The van der Waals surface area contributed by atoms with Gasteiger partial charge in [0.2, 0.25) is 0 Å². The number of aromatic nitrogens is 6. The summed E-state index contributed by atoms with van der Waals surface area (Å²) in [6, 6.07) is 4.58. The Bertz CT molecular complexity index is 1390. The first-order chi connectivity index (χ1) is 19.4. The van der Waals surface area contributed by atoms with E-state index >= 15 is 4.39 Å². The van der Waals surface area contributed by atoms with Crippen LogP contribution in [0.15, 0.2) is 30.6 Å². The van der Waals surface area contributed by atoms with Crippen LogP contribution in [0.5, 0.6) is 0 Å². The van der Waals surface area contributed by atoms with Gasteiger partial charge in [-0.2, -0.15) is 0 Å². The third kappa shape index (κ3) is 5.58. The summed E-state index contributed by atoms with van der Waals surface area (Å²) in [4.78, 5) is 39.8. The van der Waals surface area contributed by atoms with Gasteiger partial charge in [0.05, 0.1) is 56.1 Å². The van der Waals surface area contributed by atoms with Crippen LogP contribution in [0.4, 0.5) is 20.6 Å². The molecule has 14 nitrogen and oxygen atoms in total. The molecule has 2 saturated heterocycles. The van der Waals surface area contributed by atoms with E-state index < -0.39 is 30.0 Å². The van der Waals surface area contributed by atoms with Crippen LogP contribution >= 0.6 is 0 Å². The number of hydrogen-bond donors (Lipinski definition) is 0. The minimum absolute atomic E-state index is 0.0600. The molecule has 0 radical (unpaired) electrons. The number of ether oxygens (including phenoxy) is 3. The number of rotatable bonds is 9. The van der Waals surface area contributed by atoms with Crippen molar-refractivity contribution >= 4 is 29.4 Å². The van der Waals surface area contributed by atoms with Gasteiger partial charge in [-0.1, -0.05) is 10.4 Å². The first-order valence-electron chi connectivity index (χ1n) is 13.0. The average Bonchev–Trinajstić information content (AvgIpc) is 3.69. The summed E-state index contributed by atoms with van der Waals surface area (Å²) < 4.78 is 33.6. The highest BCUT2D eigenvalue weighted by molar-refractivity contribution is 5.90. The van der Waals surface area contributed by atoms with Crippen molar-refractivity contribution in [1.82, 2.24) is 30.0 Å². The molecule has 0 bridgehead atoms. The van der Waals surface area contributed by atoms with Crippen LogP contribution in [0.2, 0.25) is 0 Å². The number of anilines is 2. The number of hydrogen-bond acceptors (Lipinski definition) is 11. The number of carbonyl (C=O) groups excluding carboxylic acids is 3. The molecule has 2 fully saturated rings. The molecule has 2 aromatic heterocycles. The van der Waals surface area contributed by atoms with Gasteiger partial charge in [0, 0.05) is 13.1 Å². The first-order valence-corrected chi connectivity index (χ1v) is 13.0. The van der Waals surface area contributed by atoms with E-state index in [1.54, 1.807) is 30.7 Å². The second-order valence-electron chi connectivity index (χ2n) is 9.30. The minimum Gasteiger partial charge on any atom is -0.461 e. The zero-order chi connectivity index (χ0) is 28.2. The van der Waals surface area contributed by atoms with Gasteiger partial charge in [0.15, 0.2) is 11.4 Å². The van der Waals surface area contributed by atoms with E-state index in [9.17, 15) is 14.4 Å². The van der Waals surface area contributed by atoms with Gasteiger partial charge in [-0.25, -0.2) is 28.1 Å². The quantitative estimate of drug-likeness (QED) is 0.282. The molecule has 0 N–H and O–H groups in total. The SMILES string of the molecule is CCOC(=O)c1cn(C[C@H]2CN(c3ccc(N4CCC(n5nncc5C(=O)OCC)CC4)c(F)c3)C(=O)O2)nn1. The number of halogens is 1. The number of benzene rings is 1. The van der Waals surface area contributed by atoms with Crippen molar-refractivity contribution in [2.45, 2.75) is 45.4 Å². The summed E-state index contributed by atoms with van der Waals surface area (Å²) in [5, 5.41) is 15.6. The molecular weight excluding hydrogens is 527 g/mol. The third-order valence-corrected chi connectivity index (χ3v) is 6.74. The van der Waals surface area contributed by atoms with Crippen LogP contribution in [0.1, 0.15) is 53.7 Å². The lowest BCUT2D eigenvalue weighted by Gasteiger charge is -2.34. The summed E-state index contributed by atoms with van der Waals surface area (Å²) >= 11 is 0. The monoisotopic (exact) mass is 556 g/mol. The number of cyclic esters (lactones) is 1. The predicted molar refractivity (Wildman–Crippen MR) is 136 cm³/mol. The van der Waals surface area contributed by atoms with Gasteiger partial charge in [-0.3, -0.25) is 4.90 Å². The van der Waals surface area contributed by atoms with Crippen molar-refractivity contribution in [1.29, 1.82) is 0 Å². The number of piperidine rings is 1. The van der Waals surface area contributed by atoms with Gasteiger partial charge in [0.25, 0.3) is 0 Å². The Morgan fingerprint density at radius 2 is 1.85 bits per heavy atom. The molecule has 1 amide bonds. The average molecular weight is 557 g/mol. The summed E-state index contributed by atoms with van der Waals surface area (Å²) in [6.45, 7) is 5.34. The molecule has 0 spiro atoms. The number of amides is 1. The fraction of sp³-hybridized carbons (Fsp3) is 0.480. The molecule has 1 aromatic carbocycles. The molecule has 0 unspecified atom stereocenters. The van der Waals surface area contributed by atoms with E-state index in [2.05, 4.69) is 20.6 Å². The number of nitrogens with zero attached hydrogens (tertiary/aromatic N) is 8. The maximum Gasteiger partial charge on any atom is 0.414 e. The minimum atomic E-state index is -0.603. The smallest absolute Gasteiger partial charge is 0.414 e. The van der Waals surface area contributed by atoms with Crippen LogP contribution in [0.3, 0.4) is 0 Å². The molecule has 212 valence electrons. The zero-order valence-electron chi connectivity index (χ0n) is 22.1. The topological polar surface area (TPSA) is 147 Å². The highest BCUT2D eigenvalue weighted by Gasteiger charge is 2.34. The van der Waals surface area contributed by atoms with E-state index in [1.165, 1.54) is 28.0 Å². The van der Waals surface area contributed by atoms with E-state index in [0.29, 0.717) is 43.0 Å². The van der Waals surface area contributed by atoms with Gasteiger partial charge < -0.3 is 19.1 Å². The lowest BCUT2D eigenvalue weighted by Crippen LogP contribution is -2.36. The maximum atomic E-state index is 15.3. The fourth-order valence-corrected chi connectivity index (χ4v) is 4.86. The predicted octanol–water partition coefficient (Wildman–Crippen LogP) is 2.23. The fourth-order valence-electron chi connectivity index (χ4n) is 4.86. The van der Waals surface area contributed by atoms with Gasteiger partial charge in [0.1, 0.15) is 11.9 Å². The highest BCUT2D eigenvalue weighted by Crippen LogP contribution is 2.32. The van der Waals surface area contributed by atoms with Gasteiger partial charge >= 0.3 is 18.0 Å². The lowest BCUT2D eigenvalue weighted by atomic mass is 10.0.